The van der Waals surface area contributed by atoms with E-state index >= 15 is 0 Å². The molecule has 0 aliphatic rings. The van der Waals surface area contributed by atoms with Gasteiger partial charge in [0.15, 0.2) is 0 Å². The van der Waals surface area contributed by atoms with Gasteiger partial charge in [-0.2, -0.15) is 0 Å². The van der Waals surface area contributed by atoms with E-state index in [9.17, 15) is 0 Å². The Morgan fingerprint density at radius 3 is 2.37 bits per heavy atom. The average molecular weight is 395 g/mol. The normalized spacial score (nSPS) is 12.3. The molecule has 3 heterocycles. The molecule has 0 N–H and O–H groups in total. The minimum atomic E-state index is 0.222. The van der Waals surface area contributed by atoms with Crippen molar-refractivity contribution in [1.29, 1.82) is 0 Å². The molecule has 0 atom stereocenters. The maximum atomic E-state index is 6.51. The summed E-state index contributed by atoms with van der Waals surface area (Å²) in [6.45, 7) is 11.0. The molecule has 0 saturated heterocycles. The maximum absolute atomic E-state index is 6.51. The predicted octanol–water partition coefficient (Wildman–Crippen LogP) is 7.40. The number of hydrogen-bond donors (Lipinski definition) is 0. The highest BCUT2D eigenvalue weighted by molar-refractivity contribution is 6.17. The molecule has 30 heavy (non-hydrogen) atoms. The predicted molar refractivity (Wildman–Crippen MR) is 125 cm³/mol. The summed E-state index contributed by atoms with van der Waals surface area (Å²) in [6, 6.07) is 14.9. The van der Waals surface area contributed by atoms with Crippen molar-refractivity contribution in [2.75, 3.05) is 0 Å². The summed E-state index contributed by atoms with van der Waals surface area (Å²) < 4.78 is 6.51. The fourth-order valence-electron chi connectivity index (χ4n) is 4.33. The first-order valence-corrected chi connectivity index (χ1v) is 10.5. The third-order valence-electron chi connectivity index (χ3n) is 5.82. The fraction of sp³-hybridized carbons (Fsp3) is 0.259. The molecule has 0 saturated carbocycles. The number of pyridine rings is 2. The number of hydrogen-bond acceptors (Lipinski definition) is 3. The number of furan rings is 1. The number of nitrogens with zero attached hydrogens (tertiary/aromatic N) is 2. The molecule has 150 valence electrons. The van der Waals surface area contributed by atoms with Gasteiger partial charge in [0.2, 0.25) is 0 Å². The summed E-state index contributed by atoms with van der Waals surface area (Å²) in [7, 11) is 0. The van der Waals surface area contributed by atoms with Crippen LogP contribution in [-0.2, 0) is 6.42 Å². The Labute approximate surface area is 176 Å². The molecule has 0 radical (unpaired) electrons. The zero-order valence-corrected chi connectivity index (χ0v) is 18.2. The van der Waals surface area contributed by atoms with Gasteiger partial charge in [-0.05, 0) is 61.1 Å². The molecule has 0 unspecified atom stereocenters. The average Bonchev–Trinajstić information content (AvgIpc) is 3.08. The van der Waals surface area contributed by atoms with Crippen LogP contribution in [0, 0.1) is 19.3 Å². The molecule has 0 fully saturated rings. The summed E-state index contributed by atoms with van der Waals surface area (Å²) in [4.78, 5) is 9.19. The van der Waals surface area contributed by atoms with Gasteiger partial charge in [0, 0.05) is 45.2 Å². The number of rotatable bonds is 2. The van der Waals surface area contributed by atoms with Gasteiger partial charge in [-0.15, -0.1) is 0 Å². The van der Waals surface area contributed by atoms with Gasteiger partial charge in [-0.3, -0.25) is 9.97 Å². The van der Waals surface area contributed by atoms with Gasteiger partial charge in [-0.1, -0.05) is 39.0 Å². The van der Waals surface area contributed by atoms with Crippen LogP contribution in [0.15, 0.2) is 59.3 Å². The van der Waals surface area contributed by atoms with Gasteiger partial charge < -0.3 is 4.42 Å². The summed E-state index contributed by atoms with van der Waals surface area (Å²) in [5.74, 6) is 0. The van der Waals surface area contributed by atoms with E-state index < -0.39 is 0 Å². The minimum absolute atomic E-state index is 0.222. The van der Waals surface area contributed by atoms with Crippen LogP contribution < -0.4 is 0 Å². The van der Waals surface area contributed by atoms with Gasteiger partial charge in [0.1, 0.15) is 11.2 Å². The minimum Gasteiger partial charge on any atom is -0.455 e. The van der Waals surface area contributed by atoms with Crippen molar-refractivity contribution < 1.29 is 4.42 Å². The van der Waals surface area contributed by atoms with E-state index in [2.05, 4.69) is 69.1 Å². The molecule has 5 rings (SSSR count). The molecule has 3 heteroatoms. The third-order valence-corrected chi connectivity index (χ3v) is 5.82. The largest absolute Gasteiger partial charge is 0.455 e. The second-order valence-corrected chi connectivity index (χ2v) is 9.45. The number of aromatic nitrogens is 2. The molecule has 0 spiro atoms. The zero-order valence-electron chi connectivity index (χ0n) is 18.2. The monoisotopic (exact) mass is 394 g/mol. The van der Waals surface area contributed by atoms with Gasteiger partial charge >= 0.3 is 0 Å². The number of benzene rings is 2. The smallest absolute Gasteiger partial charge is 0.144 e. The first kappa shape index (κ1) is 18.8. The maximum Gasteiger partial charge on any atom is 0.144 e. The third kappa shape index (κ3) is 3.06. The van der Waals surface area contributed by atoms with E-state index in [1.165, 1.54) is 11.1 Å². The first-order valence-electron chi connectivity index (χ1n) is 10.5. The fourth-order valence-corrected chi connectivity index (χ4v) is 4.33. The Morgan fingerprint density at radius 2 is 1.57 bits per heavy atom. The van der Waals surface area contributed by atoms with Crippen LogP contribution in [0.5, 0.6) is 0 Å². The first-order chi connectivity index (χ1) is 14.3. The van der Waals surface area contributed by atoms with Crippen LogP contribution in [-0.4, -0.2) is 9.97 Å². The van der Waals surface area contributed by atoms with E-state index in [-0.39, 0.29) is 5.41 Å². The Morgan fingerprint density at radius 1 is 0.833 bits per heavy atom. The Kier molecular flexibility index (Phi) is 4.18. The van der Waals surface area contributed by atoms with Gasteiger partial charge in [0.25, 0.3) is 0 Å². The number of para-hydroxylation sites is 1. The van der Waals surface area contributed by atoms with Gasteiger partial charge in [-0.25, -0.2) is 0 Å². The van der Waals surface area contributed by atoms with Crippen molar-refractivity contribution in [2.45, 2.75) is 41.0 Å². The highest BCUT2D eigenvalue weighted by atomic mass is 16.3. The van der Waals surface area contributed by atoms with Crippen LogP contribution in [0.25, 0.3) is 44.0 Å². The van der Waals surface area contributed by atoms with Crippen LogP contribution in [0.2, 0.25) is 0 Å². The van der Waals surface area contributed by atoms with Crippen molar-refractivity contribution in [3.63, 3.8) is 0 Å². The summed E-state index contributed by atoms with van der Waals surface area (Å²) in [5, 5.41) is 4.49. The Hall–Kier alpha value is -3.20. The Balaban J connectivity index is 1.77. The van der Waals surface area contributed by atoms with Crippen molar-refractivity contribution in [2.24, 2.45) is 5.41 Å². The summed E-state index contributed by atoms with van der Waals surface area (Å²) >= 11 is 0. The highest BCUT2D eigenvalue weighted by Crippen LogP contribution is 2.39. The second-order valence-electron chi connectivity index (χ2n) is 9.45. The molecule has 2 aromatic carbocycles. The SMILES string of the molecule is Cc1cnc(-c2cccc3c2oc2c4ccnc(C)c4ccc32)cc1CC(C)(C)C. The number of aryl methyl sites for hydroxylation is 2. The van der Waals surface area contributed by atoms with Crippen LogP contribution >= 0.6 is 0 Å². The number of fused-ring (bicyclic) bond motifs is 5. The molecular weight excluding hydrogens is 368 g/mol. The molecule has 0 aliphatic carbocycles. The lowest BCUT2D eigenvalue weighted by molar-refractivity contribution is 0.410. The van der Waals surface area contributed by atoms with E-state index in [1.54, 1.807) is 0 Å². The van der Waals surface area contributed by atoms with Crippen molar-refractivity contribution in [1.82, 2.24) is 9.97 Å². The standard InChI is InChI=1S/C27H26N2O/c1-16-15-29-24(13-18(16)14-27(3,4)5)23-8-6-7-20-21-10-9-19-17(2)28-12-11-22(19)25(21)30-26(20)23/h6-13,15H,14H2,1-5H3. The zero-order chi connectivity index (χ0) is 21.0. The molecule has 3 aromatic heterocycles. The lowest BCUT2D eigenvalue weighted by Gasteiger charge is -2.20. The van der Waals surface area contributed by atoms with Crippen LogP contribution in [0.4, 0.5) is 0 Å². The molecule has 0 aliphatic heterocycles. The van der Waals surface area contributed by atoms with Crippen LogP contribution in [0.1, 0.15) is 37.6 Å². The van der Waals surface area contributed by atoms with Crippen LogP contribution in [0.3, 0.4) is 0 Å². The van der Waals surface area contributed by atoms with E-state index in [0.29, 0.717) is 0 Å². The lowest BCUT2D eigenvalue weighted by Crippen LogP contribution is -2.10. The van der Waals surface area contributed by atoms with Crippen molar-refractivity contribution >= 4 is 32.7 Å². The quantitative estimate of drug-likeness (QED) is 0.313. The van der Waals surface area contributed by atoms with E-state index in [4.69, 9.17) is 9.40 Å². The van der Waals surface area contributed by atoms with E-state index in [0.717, 1.165) is 56.1 Å². The topological polar surface area (TPSA) is 38.9 Å². The molecule has 3 nitrogen and oxygen atoms in total. The summed E-state index contributed by atoms with van der Waals surface area (Å²) in [5.41, 5.74) is 7.63. The Bertz CT molecular complexity index is 1420. The van der Waals surface area contributed by atoms with Crippen molar-refractivity contribution in [3.05, 3.63) is 71.7 Å². The molecular formula is C27H26N2O. The van der Waals surface area contributed by atoms with Crippen molar-refractivity contribution in [3.8, 4) is 11.3 Å². The summed E-state index contributed by atoms with van der Waals surface area (Å²) in [6.07, 6.45) is 4.86. The van der Waals surface area contributed by atoms with Gasteiger partial charge in [0.05, 0.1) is 5.69 Å². The van der Waals surface area contributed by atoms with E-state index in [1.807, 2.05) is 25.4 Å². The highest BCUT2D eigenvalue weighted by Gasteiger charge is 2.18. The molecule has 5 aromatic rings. The second kappa shape index (κ2) is 6.66. The molecule has 0 amide bonds. The lowest BCUT2D eigenvalue weighted by atomic mass is 9.86. The molecule has 0 bridgehead atoms.